The number of likely N-dealkylation sites (tertiary alicyclic amines) is 1. The second-order valence-electron chi connectivity index (χ2n) is 6.41. The third kappa shape index (κ3) is 2.54. The van der Waals surface area contributed by atoms with Crippen LogP contribution in [0.25, 0.3) is 0 Å². The maximum absolute atomic E-state index is 12.6. The van der Waals surface area contributed by atoms with Crippen LogP contribution >= 0.6 is 0 Å². The summed E-state index contributed by atoms with van der Waals surface area (Å²) in [5.41, 5.74) is -0.179. The van der Waals surface area contributed by atoms with Gasteiger partial charge in [-0.05, 0) is 46.7 Å². The Bertz CT molecular complexity index is 312. The number of hydrogen-bond donors (Lipinski definition) is 1. The van der Waals surface area contributed by atoms with Crippen LogP contribution in [-0.2, 0) is 4.79 Å². The maximum atomic E-state index is 12.6. The van der Waals surface area contributed by atoms with E-state index < -0.39 is 0 Å². The Morgan fingerprint density at radius 2 is 2.22 bits per heavy atom. The number of hydrogen-bond acceptors (Lipinski definition) is 3. The van der Waals surface area contributed by atoms with E-state index in [2.05, 4.69) is 31.1 Å². The molecule has 2 heterocycles. The van der Waals surface area contributed by atoms with Gasteiger partial charge >= 0.3 is 0 Å². The van der Waals surface area contributed by atoms with Crippen molar-refractivity contribution in [1.82, 2.24) is 15.1 Å². The van der Waals surface area contributed by atoms with Crippen LogP contribution < -0.4 is 5.32 Å². The van der Waals surface area contributed by atoms with Crippen molar-refractivity contribution < 1.29 is 4.79 Å². The molecule has 104 valence electrons. The van der Waals surface area contributed by atoms with E-state index in [9.17, 15) is 4.79 Å². The normalized spacial score (nSPS) is 37.8. The fourth-order valence-electron chi connectivity index (χ4n) is 3.21. The molecule has 1 amide bonds. The number of carbonyl (C=O) groups excluding carboxylic acids is 1. The first-order chi connectivity index (χ1) is 8.44. The van der Waals surface area contributed by atoms with Crippen LogP contribution in [0.15, 0.2) is 0 Å². The van der Waals surface area contributed by atoms with Crippen molar-refractivity contribution in [1.29, 1.82) is 0 Å². The van der Waals surface area contributed by atoms with Crippen molar-refractivity contribution in [2.45, 2.75) is 45.2 Å². The molecule has 2 saturated heterocycles. The van der Waals surface area contributed by atoms with Gasteiger partial charge in [-0.3, -0.25) is 4.79 Å². The zero-order valence-corrected chi connectivity index (χ0v) is 12.2. The maximum Gasteiger partial charge on any atom is 0.229 e. The monoisotopic (exact) mass is 253 g/mol. The van der Waals surface area contributed by atoms with E-state index in [1.54, 1.807) is 0 Å². The van der Waals surface area contributed by atoms with Gasteiger partial charge in [-0.25, -0.2) is 0 Å². The molecule has 2 rings (SSSR count). The summed E-state index contributed by atoms with van der Waals surface area (Å²) in [6.07, 6.45) is 3.17. The van der Waals surface area contributed by atoms with Gasteiger partial charge in [-0.2, -0.15) is 0 Å². The number of piperidine rings is 1. The molecular formula is C14H27N3O. The van der Waals surface area contributed by atoms with Gasteiger partial charge in [0.15, 0.2) is 0 Å². The second-order valence-corrected chi connectivity index (χ2v) is 6.41. The van der Waals surface area contributed by atoms with E-state index >= 15 is 0 Å². The number of carbonyl (C=O) groups is 1. The van der Waals surface area contributed by atoms with Gasteiger partial charge in [0.05, 0.1) is 5.41 Å². The molecule has 0 bridgehead atoms. The molecule has 4 nitrogen and oxygen atoms in total. The van der Waals surface area contributed by atoms with Crippen LogP contribution in [0.2, 0.25) is 0 Å². The van der Waals surface area contributed by atoms with Gasteiger partial charge < -0.3 is 15.1 Å². The topological polar surface area (TPSA) is 35.6 Å². The highest BCUT2D eigenvalue weighted by Crippen LogP contribution is 2.29. The van der Waals surface area contributed by atoms with Crippen LogP contribution in [0.1, 0.15) is 33.1 Å². The summed E-state index contributed by atoms with van der Waals surface area (Å²) in [6, 6.07) is 0.995. The Labute approximate surface area is 111 Å². The molecule has 2 aliphatic rings. The molecule has 0 aromatic heterocycles. The van der Waals surface area contributed by atoms with Crippen LogP contribution in [0.3, 0.4) is 0 Å². The van der Waals surface area contributed by atoms with E-state index in [-0.39, 0.29) is 5.41 Å². The Hall–Kier alpha value is -0.610. The molecule has 3 atom stereocenters. The molecule has 0 saturated carbocycles. The standard InChI is InChI=1S/C14H27N3O/c1-11-9-12(5-8-16(11)3)17(4)13(18)14(2)6-7-15-10-14/h11-12,15H,5-10H2,1-4H3. The quantitative estimate of drug-likeness (QED) is 0.795. The first-order valence-electron chi connectivity index (χ1n) is 7.12. The van der Waals surface area contributed by atoms with E-state index in [1.165, 1.54) is 0 Å². The fraction of sp³-hybridized carbons (Fsp3) is 0.929. The van der Waals surface area contributed by atoms with Crippen LogP contribution in [0.5, 0.6) is 0 Å². The van der Waals surface area contributed by atoms with Gasteiger partial charge in [0.2, 0.25) is 5.91 Å². The molecule has 0 spiro atoms. The number of amides is 1. The summed E-state index contributed by atoms with van der Waals surface area (Å²) in [5.74, 6) is 0.328. The zero-order chi connectivity index (χ0) is 13.3. The van der Waals surface area contributed by atoms with Crippen LogP contribution in [-0.4, -0.2) is 61.5 Å². The molecule has 3 unspecified atom stereocenters. The SMILES string of the molecule is CC1CC(N(C)C(=O)C2(C)CCNC2)CCN1C. The highest BCUT2D eigenvalue weighted by Gasteiger charge is 2.40. The lowest BCUT2D eigenvalue weighted by Gasteiger charge is -2.41. The summed E-state index contributed by atoms with van der Waals surface area (Å²) >= 11 is 0. The first kappa shape index (κ1) is 13.8. The molecule has 18 heavy (non-hydrogen) atoms. The molecule has 1 N–H and O–H groups in total. The van der Waals surface area contributed by atoms with Gasteiger partial charge in [-0.15, -0.1) is 0 Å². The Morgan fingerprint density at radius 3 is 2.78 bits per heavy atom. The molecule has 0 radical (unpaired) electrons. The van der Waals surface area contributed by atoms with Crippen molar-refractivity contribution in [2.24, 2.45) is 5.41 Å². The smallest absolute Gasteiger partial charge is 0.229 e. The molecule has 4 heteroatoms. The summed E-state index contributed by atoms with van der Waals surface area (Å²) in [4.78, 5) is 17.0. The predicted octanol–water partition coefficient (Wildman–Crippen LogP) is 0.927. The van der Waals surface area contributed by atoms with Crippen molar-refractivity contribution in [3.05, 3.63) is 0 Å². The van der Waals surface area contributed by atoms with Crippen LogP contribution in [0, 0.1) is 5.41 Å². The average molecular weight is 253 g/mol. The largest absolute Gasteiger partial charge is 0.342 e. The number of nitrogens with zero attached hydrogens (tertiary/aromatic N) is 2. The third-order valence-corrected chi connectivity index (χ3v) is 4.93. The Balaban J connectivity index is 1.98. The average Bonchev–Trinajstić information content (AvgIpc) is 2.79. The van der Waals surface area contributed by atoms with Crippen LogP contribution in [0.4, 0.5) is 0 Å². The third-order valence-electron chi connectivity index (χ3n) is 4.93. The minimum atomic E-state index is -0.179. The van der Waals surface area contributed by atoms with E-state index in [1.807, 2.05) is 11.9 Å². The summed E-state index contributed by atoms with van der Waals surface area (Å²) in [7, 11) is 4.17. The molecule has 0 aliphatic carbocycles. The molecule has 0 aromatic carbocycles. The fourth-order valence-corrected chi connectivity index (χ4v) is 3.21. The predicted molar refractivity (Wildman–Crippen MR) is 73.5 cm³/mol. The molecule has 2 aliphatic heterocycles. The lowest BCUT2D eigenvalue weighted by atomic mass is 9.86. The first-order valence-corrected chi connectivity index (χ1v) is 7.12. The molecule has 2 fully saturated rings. The number of rotatable bonds is 2. The highest BCUT2D eigenvalue weighted by atomic mass is 16.2. The molecule has 0 aromatic rings. The van der Waals surface area contributed by atoms with Gasteiger partial charge in [-0.1, -0.05) is 0 Å². The van der Waals surface area contributed by atoms with Gasteiger partial charge in [0, 0.05) is 32.2 Å². The Kier molecular flexibility index (Phi) is 3.97. The minimum Gasteiger partial charge on any atom is -0.342 e. The van der Waals surface area contributed by atoms with E-state index in [0.717, 1.165) is 38.9 Å². The van der Waals surface area contributed by atoms with Crippen molar-refractivity contribution in [3.8, 4) is 0 Å². The number of nitrogens with one attached hydrogen (secondary N) is 1. The summed E-state index contributed by atoms with van der Waals surface area (Å²) in [5, 5.41) is 3.31. The highest BCUT2D eigenvalue weighted by molar-refractivity contribution is 5.83. The van der Waals surface area contributed by atoms with E-state index in [4.69, 9.17) is 0 Å². The second kappa shape index (κ2) is 5.17. The zero-order valence-electron chi connectivity index (χ0n) is 12.2. The lowest BCUT2D eigenvalue weighted by Crippen LogP contribution is -2.51. The van der Waals surface area contributed by atoms with Gasteiger partial charge in [0.1, 0.15) is 0 Å². The summed E-state index contributed by atoms with van der Waals surface area (Å²) in [6.45, 7) is 7.25. The van der Waals surface area contributed by atoms with Gasteiger partial charge in [0.25, 0.3) is 0 Å². The minimum absolute atomic E-state index is 0.179. The summed E-state index contributed by atoms with van der Waals surface area (Å²) < 4.78 is 0. The van der Waals surface area contributed by atoms with Crippen molar-refractivity contribution in [3.63, 3.8) is 0 Å². The lowest BCUT2D eigenvalue weighted by molar-refractivity contribution is -0.142. The van der Waals surface area contributed by atoms with Crippen molar-refractivity contribution >= 4 is 5.91 Å². The van der Waals surface area contributed by atoms with E-state index in [0.29, 0.717) is 18.0 Å². The Morgan fingerprint density at radius 1 is 1.50 bits per heavy atom. The van der Waals surface area contributed by atoms with Crippen molar-refractivity contribution in [2.75, 3.05) is 33.7 Å². The molecular weight excluding hydrogens is 226 g/mol.